The molecule has 5 rings (SSSR count). The molecule has 4 aromatic rings. The fraction of sp³-hybridized carbons (Fsp3) is 0.333. The number of aryl methyl sites for hydroxylation is 2. The number of aromatic nitrogens is 5. The first-order chi connectivity index (χ1) is 18.9. The Labute approximate surface area is 225 Å². The van der Waals surface area contributed by atoms with Crippen molar-refractivity contribution < 1.29 is 19.0 Å². The lowest BCUT2D eigenvalue weighted by Gasteiger charge is -2.17. The second-order valence-electron chi connectivity index (χ2n) is 9.14. The summed E-state index contributed by atoms with van der Waals surface area (Å²) in [6, 6.07) is 6.89. The Morgan fingerprint density at radius 1 is 1.21 bits per heavy atom. The zero-order valence-electron chi connectivity index (χ0n) is 21.9. The monoisotopic (exact) mass is 528 g/mol. The summed E-state index contributed by atoms with van der Waals surface area (Å²) in [4.78, 5) is 35.7. The van der Waals surface area contributed by atoms with E-state index in [1.165, 1.54) is 6.20 Å². The summed E-state index contributed by atoms with van der Waals surface area (Å²) in [5.41, 5.74) is 3.17. The summed E-state index contributed by atoms with van der Waals surface area (Å²) < 4.78 is 18.6. The third kappa shape index (κ3) is 5.79. The number of ether oxygens (including phenoxy) is 3. The number of carbonyl (C=O) groups excluding carboxylic acids is 1. The number of imidazole rings is 1. The molecule has 0 aromatic carbocycles. The quantitative estimate of drug-likeness (QED) is 0.253. The van der Waals surface area contributed by atoms with Crippen molar-refractivity contribution in [1.29, 1.82) is 0 Å². The van der Waals surface area contributed by atoms with Crippen molar-refractivity contribution in [3.05, 3.63) is 65.5 Å². The van der Waals surface area contributed by atoms with Gasteiger partial charge in [-0.15, -0.1) is 4.98 Å². The van der Waals surface area contributed by atoms with Crippen LogP contribution in [0.5, 0.6) is 11.6 Å². The van der Waals surface area contributed by atoms with Crippen LogP contribution in [0.4, 0.5) is 17.3 Å². The van der Waals surface area contributed by atoms with Gasteiger partial charge in [-0.2, -0.15) is 4.98 Å². The van der Waals surface area contributed by atoms with E-state index in [1.54, 1.807) is 53.4 Å². The number of carbonyl (C=O) groups is 1. The molecule has 1 aliphatic heterocycles. The molecule has 0 unspecified atom stereocenters. The molecule has 4 aromatic heterocycles. The first-order valence-corrected chi connectivity index (χ1v) is 12.4. The lowest BCUT2D eigenvalue weighted by Crippen LogP contribution is -2.30. The minimum Gasteiger partial charge on any atom is -0.435 e. The van der Waals surface area contributed by atoms with Crippen LogP contribution in [-0.4, -0.2) is 74.8 Å². The second kappa shape index (κ2) is 11.4. The van der Waals surface area contributed by atoms with Gasteiger partial charge >= 0.3 is 0 Å². The molecule has 1 N–H and O–H groups in total. The highest BCUT2D eigenvalue weighted by molar-refractivity contribution is 5.94. The highest BCUT2D eigenvalue weighted by Gasteiger charge is 2.27. The van der Waals surface area contributed by atoms with E-state index < -0.39 is 0 Å². The minimum absolute atomic E-state index is 0.0204. The Hall–Kier alpha value is -4.60. The van der Waals surface area contributed by atoms with Crippen molar-refractivity contribution in [3.8, 4) is 11.6 Å². The highest BCUT2D eigenvalue weighted by Crippen LogP contribution is 2.31. The number of nitrogens with zero attached hydrogens (tertiary/aromatic N) is 7. The van der Waals surface area contributed by atoms with Gasteiger partial charge in [0.15, 0.2) is 17.6 Å². The summed E-state index contributed by atoms with van der Waals surface area (Å²) in [6.07, 6.45) is 5.56. The molecule has 1 amide bonds. The molecule has 0 radical (unpaired) electrons. The number of fused-ring (bicyclic) bond motifs is 1. The van der Waals surface area contributed by atoms with E-state index in [0.717, 1.165) is 12.0 Å². The number of methoxy groups -OCH3 is 1. The number of nitrogens with one attached hydrogen (secondary N) is 1. The normalized spacial score (nSPS) is 14.9. The molecule has 200 valence electrons. The van der Waals surface area contributed by atoms with E-state index in [1.807, 2.05) is 14.0 Å². The third-order valence-electron chi connectivity index (χ3n) is 6.37. The van der Waals surface area contributed by atoms with Gasteiger partial charge in [-0.25, -0.2) is 9.97 Å². The highest BCUT2D eigenvalue weighted by atomic mass is 16.5. The van der Waals surface area contributed by atoms with E-state index in [9.17, 15) is 4.79 Å². The van der Waals surface area contributed by atoms with Gasteiger partial charge < -0.3 is 33.8 Å². The van der Waals surface area contributed by atoms with Crippen molar-refractivity contribution in [2.75, 3.05) is 38.7 Å². The number of anilines is 2. The van der Waals surface area contributed by atoms with Gasteiger partial charge in [0.2, 0.25) is 5.88 Å². The van der Waals surface area contributed by atoms with Crippen LogP contribution in [0.25, 0.3) is 16.0 Å². The lowest BCUT2D eigenvalue weighted by molar-refractivity contribution is 0.0218. The topological polar surface area (TPSA) is 121 Å². The first kappa shape index (κ1) is 26.0. The molecule has 1 aliphatic rings. The lowest BCUT2D eigenvalue weighted by atomic mass is 10.2. The zero-order valence-corrected chi connectivity index (χ0v) is 21.9. The molecule has 1 atom stereocenters. The SMILES string of the molecule is [C-]#[N+]c1cc(C)c(Oc2cc(Nc3ccc(C(=O)N4CC[C@@H](OCCOC)C4)cn3)c3ncn(C)c3n2)cn1. The molecule has 5 heterocycles. The number of hydrogen-bond acceptors (Lipinski definition) is 9. The van der Waals surface area contributed by atoms with Crippen LogP contribution in [0, 0.1) is 13.5 Å². The summed E-state index contributed by atoms with van der Waals surface area (Å²) in [7, 11) is 3.48. The van der Waals surface area contributed by atoms with Crippen molar-refractivity contribution >= 4 is 34.4 Å². The van der Waals surface area contributed by atoms with Gasteiger partial charge in [0, 0.05) is 39.5 Å². The number of likely N-dealkylation sites (tertiary alicyclic amines) is 1. The summed E-state index contributed by atoms with van der Waals surface area (Å²) in [5.74, 6) is 1.59. The molecule has 0 aliphatic carbocycles. The van der Waals surface area contributed by atoms with Gasteiger partial charge in [-0.05, 0) is 37.1 Å². The molecular formula is C27H28N8O4. The van der Waals surface area contributed by atoms with E-state index in [2.05, 4.69) is 30.1 Å². The zero-order chi connectivity index (χ0) is 27.4. The molecule has 0 bridgehead atoms. The fourth-order valence-corrected chi connectivity index (χ4v) is 4.29. The summed E-state index contributed by atoms with van der Waals surface area (Å²) in [6.45, 7) is 11.2. The molecule has 1 saturated heterocycles. The standard InChI is InChI=1S/C27H28N8O4/c1-17-11-23(28-2)30-14-21(17)39-24-12-20(25-26(33-24)34(3)16-31-25)32-22-6-5-18(13-29-22)27(36)35-8-7-19(15-35)38-10-9-37-4/h5-6,11-14,16,19H,7-10,15H2,1,3-4H3,(H,29,32,33)/t19-/m1/s1. The number of rotatable bonds is 9. The summed E-state index contributed by atoms with van der Waals surface area (Å²) >= 11 is 0. The summed E-state index contributed by atoms with van der Waals surface area (Å²) in [5, 5.41) is 3.27. The largest absolute Gasteiger partial charge is 0.435 e. The Morgan fingerprint density at radius 3 is 2.82 bits per heavy atom. The molecular weight excluding hydrogens is 500 g/mol. The Kier molecular flexibility index (Phi) is 7.62. The average molecular weight is 529 g/mol. The van der Waals surface area contributed by atoms with Gasteiger partial charge in [0.1, 0.15) is 11.3 Å². The number of hydrogen-bond donors (Lipinski definition) is 1. The average Bonchev–Trinajstić information content (AvgIpc) is 3.57. The number of pyridine rings is 3. The van der Waals surface area contributed by atoms with E-state index in [4.69, 9.17) is 20.8 Å². The molecule has 0 spiro atoms. The van der Waals surface area contributed by atoms with Crippen LogP contribution in [0.2, 0.25) is 0 Å². The van der Waals surface area contributed by atoms with Gasteiger partial charge in [0.25, 0.3) is 11.7 Å². The van der Waals surface area contributed by atoms with E-state index in [-0.39, 0.29) is 12.0 Å². The smallest absolute Gasteiger partial charge is 0.269 e. The van der Waals surface area contributed by atoms with E-state index >= 15 is 0 Å². The van der Waals surface area contributed by atoms with Crippen LogP contribution in [0.1, 0.15) is 22.3 Å². The van der Waals surface area contributed by atoms with Crippen LogP contribution in [0.15, 0.2) is 43.0 Å². The molecule has 39 heavy (non-hydrogen) atoms. The van der Waals surface area contributed by atoms with Crippen molar-refractivity contribution in [2.45, 2.75) is 19.4 Å². The van der Waals surface area contributed by atoms with Crippen LogP contribution in [-0.2, 0) is 16.5 Å². The Balaban J connectivity index is 1.31. The van der Waals surface area contributed by atoms with Crippen LogP contribution in [0.3, 0.4) is 0 Å². The fourth-order valence-electron chi connectivity index (χ4n) is 4.29. The maximum absolute atomic E-state index is 13.0. The van der Waals surface area contributed by atoms with Gasteiger partial charge in [-0.1, -0.05) is 6.57 Å². The third-order valence-corrected chi connectivity index (χ3v) is 6.37. The van der Waals surface area contributed by atoms with Crippen molar-refractivity contribution in [2.24, 2.45) is 7.05 Å². The molecule has 1 fully saturated rings. The molecule has 12 nitrogen and oxygen atoms in total. The number of amides is 1. The first-order valence-electron chi connectivity index (χ1n) is 12.4. The van der Waals surface area contributed by atoms with Crippen molar-refractivity contribution in [1.82, 2.24) is 29.4 Å². The minimum atomic E-state index is -0.0770. The second-order valence-corrected chi connectivity index (χ2v) is 9.14. The maximum atomic E-state index is 13.0. The van der Waals surface area contributed by atoms with Crippen molar-refractivity contribution in [3.63, 3.8) is 0 Å². The Bertz CT molecular complexity index is 1530. The van der Waals surface area contributed by atoms with Gasteiger partial charge in [-0.3, -0.25) is 4.79 Å². The predicted molar refractivity (Wildman–Crippen MR) is 143 cm³/mol. The molecule has 12 heteroatoms. The maximum Gasteiger partial charge on any atom is 0.269 e. The van der Waals surface area contributed by atoms with E-state index in [0.29, 0.717) is 72.0 Å². The van der Waals surface area contributed by atoms with Gasteiger partial charge in [0.05, 0.1) is 36.9 Å². The molecule has 0 saturated carbocycles. The predicted octanol–water partition coefficient (Wildman–Crippen LogP) is 4.03. The van der Waals surface area contributed by atoms with Crippen LogP contribution >= 0.6 is 0 Å². The van der Waals surface area contributed by atoms with Crippen LogP contribution < -0.4 is 10.1 Å². The Morgan fingerprint density at radius 2 is 2.08 bits per heavy atom.